The first-order valence-corrected chi connectivity index (χ1v) is 6.89. The highest BCUT2D eigenvalue weighted by Crippen LogP contribution is 2.24. The normalized spacial score (nSPS) is 12.7. The number of carbonyl (C=O) groups is 1. The van der Waals surface area contributed by atoms with E-state index in [1.165, 1.54) is 0 Å². The van der Waals surface area contributed by atoms with Crippen molar-refractivity contribution in [2.75, 3.05) is 27.2 Å². The number of nitrogens with one attached hydrogen (secondary N) is 1. The number of rotatable bonds is 9. The van der Waals surface area contributed by atoms with Crippen molar-refractivity contribution >= 4 is 5.91 Å². The molecule has 1 amide bonds. The highest BCUT2D eigenvalue weighted by atomic mass is 16.1. The third kappa shape index (κ3) is 6.36. The van der Waals surface area contributed by atoms with Crippen LogP contribution in [0.25, 0.3) is 0 Å². The molecule has 0 aliphatic heterocycles. The molecule has 0 radical (unpaired) electrons. The Morgan fingerprint density at radius 3 is 1.89 bits per heavy atom. The summed E-state index contributed by atoms with van der Waals surface area (Å²) in [5.74, 6) is 0.676. The van der Waals surface area contributed by atoms with Gasteiger partial charge in [0.1, 0.15) is 0 Å². The summed E-state index contributed by atoms with van der Waals surface area (Å²) in [4.78, 5) is 14.0. The standard InChI is InChI=1S/C14H31N3O/c1-11(2)9-14(13(15)18,10-12(3)4)16-7-8-17(5)6/h11-12,16H,7-10H2,1-6H3,(H2,15,18). The third-order valence-electron chi connectivity index (χ3n) is 3.01. The molecule has 0 aromatic heterocycles. The van der Waals surface area contributed by atoms with Gasteiger partial charge in [0.05, 0.1) is 5.54 Å². The maximum atomic E-state index is 11.9. The zero-order valence-electron chi connectivity index (χ0n) is 12.9. The lowest BCUT2D eigenvalue weighted by Crippen LogP contribution is -2.58. The van der Waals surface area contributed by atoms with Gasteiger partial charge in [-0.05, 0) is 38.8 Å². The predicted molar refractivity (Wildman–Crippen MR) is 77.4 cm³/mol. The van der Waals surface area contributed by atoms with Crippen LogP contribution in [0.2, 0.25) is 0 Å². The summed E-state index contributed by atoms with van der Waals surface area (Å²) in [5, 5.41) is 3.41. The minimum Gasteiger partial charge on any atom is -0.368 e. The van der Waals surface area contributed by atoms with E-state index in [0.717, 1.165) is 25.9 Å². The first kappa shape index (κ1) is 17.4. The summed E-state index contributed by atoms with van der Waals surface area (Å²) in [5.41, 5.74) is 5.11. The number of primary amides is 1. The minimum atomic E-state index is -0.557. The molecule has 108 valence electrons. The summed E-state index contributed by atoms with van der Waals surface area (Å²) in [6, 6.07) is 0. The first-order chi connectivity index (χ1) is 8.19. The molecule has 0 saturated heterocycles. The number of nitrogens with zero attached hydrogens (tertiary/aromatic N) is 1. The maximum Gasteiger partial charge on any atom is 0.237 e. The highest BCUT2D eigenvalue weighted by molar-refractivity contribution is 5.84. The van der Waals surface area contributed by atoms with E-state index in [1.807, 2.05) is 14.1 Å². The highest BCUT2D eigenvalue weighted by Gasteiger charge is 2.37. The molecule has 3 N–H and O–H groups in total. The van der Waals surface area contributed by atoms with E-state index in [0.29, 0.717) is 11.8 Å². The van der Waals surface area contributed by atoms with Gasteiger partial charge in [-0.15, -0.1) is 0 Å². The molecule has 0 aromatic carbocycles. The van der Waals surface area contributed by atoms with E-state index in [1.54, 1.807) is 0 Å². The van der Waals surface area contributed by atoms with Crippen LogP contribution in [0.1, 0.15) is 40.5 Å². The van der Waals surface area contributed by atoms with Crippen LogP contribution in [0.4, 0.5) is 0 Å². The second-order valence-corrected chi connectivity index (χ2v) is 6.37. The molecule has 0 unspecified atom stereocenters. The Kier molecular flexibility index (Phi) is 7.48. The van der Waals surface area contributed by atoms with Gasteiger partial charge in [0, 0.05) is 13.1 Å². The summed E-state index contributed by atoms with van der Waals surface area (Å²) in [6.45, 7) is 10.2. The Balaban J connectivity index is 4.77. The van der Waals surface area contributed by atoms with Gasteiger partial charge in [-0.3, -0.25) is 4.79 Å². The van der Waals surface area contributed by atoms with E-state index in [-0.39, 0.29) is 5.91 Å². The van der Waals surface area contributed by atoms with E-state index in [9.17, 15) is 4.79 Å². The zero-order valence-corrected chi connectivity index (χ0v) is 12.9. The number of hydrogen-bond donors (Lipinski definition) is 2. The Morgan fingerprint density at radius 2 is 1.61 bits per heavy atom. The molecular formula is C14H31N3O. The molecule has 0 fully saturated rings. The fourth-order valence-electron chi connectivity index (χ4n) is 2.43. The van der Waals surface area contributed by atoms with Crippen LogP contribution in [0.3, 0.4) is 0 Å². The van der Waals surface area contributed by atoms with Crippen molar-refractivity contribution in [3.05, 3.63) is 0 Å². The van der Waals surface area contributed by atoms with Crippen LogP contribution in [0, 0.1) is 11.8 Å². The molecule has 4 nitrogen and oxygen atoms in total. The van der Waals surface area contributed by atoms with Crippen molar-refractivity contribution in [1.29, 1.82) is 0 Å². The van der Waals surface area contributed by atoms with E-state index in [4.69, 9.17) is 5.73 Å². The predicted octanol–water partition coefficient (Wildman–Crippen LogP) is 1.45. The molecule has 0 aliphatic carbocycles. The van der Waals surface area contributed by atoms with Crippen LogP contribution in [-0.4, -0.2) is 43.5 Å². The van der Waals surface area contributed by atoms with Gasteiger partial charge in [-0.2, -0.15) is 0 Å². The first-order valence-electron chi connectivity index (χ1n) is 6.89. The van der Waals surface area contributed by atoms with E-state index in [2.05, 4.69) is 37.9 Å². The third-order valence-corrected chi connectivity index (χ3v) is 3.01. The lowest BCUT2D eigenvalue weighted by Gasteiger charge is -2.35. The van der Waals surface area contributed by atoms with E-state index >= 15 is 0 Å². The molecular weight excluding hydrogens is 226 g/mol. The number of amides is 1. The SMILES string of the molecule is CC(C)CC(CC(C)C)(NCCN(C)C)C(N)=O. The average molecular weight is 257 g/mol. The van der Waals surface area contributed by atoms with Gasteiger partial charge < -0.3 is 16.0 Å². The second kappa shape index (κ2) is 7.74. The van der Waals surface area contributed by atoms with Crippen LogP contribution in [0.5, 0.6) is 0 Å². The summed E-state index contributed by atoms with van der Waals surface area (Å²) >= 11 is 0. The lowest BCUT2D eigenvalue weighted by molar-refractivity contribution is -0.126. The molecule has 0 saturated carbocycles. The summed E-state index contributed by atoms with van der Waals surface area (Å²) in [7, 11) is 4.05. The van der Waals surface area contributed by atoms with Crippen molar-refractivity contribution in [2.24, 2.45) is 17.6 Å². The van der Waals surface area contributed by atoms with Gasteiger partial charge in [0.2, 0.25) is 5.91 Å². The molecule has 18 heavy (non-hydrogen) atoms. The average Bonchev–Trinajstić information content (AvgIpc) is 2.13. The molecule has 0 aromatic rings. The number of nitrogens with two attached hydrogens (primary N) is 1. The van der Waals surface area contributed by atoms with Gasteiger partial charge in [0.25, 0.3) is 0 Å². The largest absolute Gasteiger partial charge is 0.368 e. The van der Waals surface area contributed by atoms with Crippen LogP contribution >= 0.6 is 0 Å². The second-order valence-electron chi connectivity index (χ2n) is 6.37. The number of carbonyl (C=O) groups excluding carboxylic acids is 1. The molecule has 0 aliphatic rings. The van der Waals surface area contributed by atoms with Crippen molar-refractivity contribution in [3.63, 3.8) is 0 Å². The zero-order chi connectivity index (χ0) is 14.3. The van der Waals surface area contributed by atoms with Gasteiger partial charge in [0.15, 0.2) is 0 Å². The topological polar surface area (TPSA) is 58.4 Å². The molecule has 0 spiro atoms. The molecule has 0 rings (SSSR count). The fourth-order valence-corrected chi connectivity index (χ4v) is 2.43. The number of hydrogen-bond acceptors (Lipinski definition) is 3. The smallest absolute Gasteiger partial charge is 0.237 e. The molecule has 0 bridgehead atoms. The van der Waals surface area contributed by atoms with Crippen LogP contribution in [-0.2, 0) is 4.79 Å². The van der Waals surface area contributed by atoms with Crippen molar-refractivity contribution < 1.29 is 4.79 Å². The van der Waals surface area contributed by atoms with Gasteiger partial charge in [-0.25, -0.2) is 0 Å². The van der Waals surface area contributed by atoms with Crippen molar-refractivity contribution in [3.8, 4) is 0 Å². The minimum absolute atomic E-state index is 0.219. The maximum absolute atomic E-state index is 11.9. The molecule has 0 atom stereocenters. The quantitative estimate of drug-likeness (QED) is 0.657. The van der Waals surface area contributed by atoms with Gasteiger partial charge in [-0.1, -0.05) is 27.7 Å². The summed E-state index contributed by atoms with van der Waals surface area (Å²) < 4.78 is 0. The Morgan fingerprint density at radius 1 is 1.17 bits per heavy atom. The van der Waals surface area contributed by atoms with Crippen LogP contribution < -0.4 is 11.1 Å². The molecule has 0 heterocycles. The lowest BCUT2D eigenvalue weighted by atomic mass is 9.81. The van der Waals surface area contributed by atoms with Gasteiger partial charge >= 0.3 is 0 Å². The van der Waals surface area contributed by atoms with E-state index < -0.39 is 5.54 Å². The van der Waals surface area contributed by atoms with Crippen LogP contribution in [0.15, 0.2) is 0 Å². The fraction of sp³-hybridized carbons (Fsp3) is 0.929. The number of likely N-dealkylation sites (N-methyl/N-ethyl adjacent to an activating group) is 1. The van der Waals surface area contributed by atoms with Crippen molar-refractivity contribution in [1.82, 2.24) is 10.2 Å². The Labute approximate surface area is 112 Å². The summed E-state index contributed by atoms with van der Waals surface area (Å²) in [6.07, 6.45) is 1.60. The Bertz CT molecular complexity index is 239. The monoisotopic (exact) mass is 257 g/mol. The Hall–Kier alpha value is -0.610. The van der Waals surface area contributed by atoms with Crippen molar-refractivity contribution in [2.45, 2.75) is 46.1 Å². The molecule has 4 heteroatoms.